The number of nitrogens with one attached hydrogen (secondary N) is 1. The Bertz CT molecular complexity index is 476. The summed E-state index contributed by atoms with van der Waals surface area (Å²) >= 11 is 0. The van der Waals surface area contributed by atoms with Crippen LogP contribution in [0.25, 0.3) is 0 Å². The normalized spacial score (nSPS) is 12.8. The van der Waals surface area contributed by atoms with Crippen molar-refractivity contribution in [3.05, 3.63) is 41.6 Å². The highest BCUT2D eigenvalue weighted by atomic mass is 16.3. The summed E-state index contributed by atoms with van der Waals surface area (Å²) in [5.41, 5.74) is 2.04. The first-order valence-corrected chi connectivity index (χ1v) is 6.07. The summed E-state index contributed by atoms with van der Waals surface area (Å²) in [6.07, 6.45) is 1.18. The molecule has 0 saturated heterocycles. The first-order valence-electron chi connectivity index (χ1n) is 6.07. The second kappa shape index (κ2) is 5.84. The lowest BCUT2D eigenvalue weighted by molar-refractivity contribution is 0.145. The van der Waals surface area contributed by atoms with Crippen LogP contribution in [-0.4, -0.2) is 27.5 Å². The molecule has 0 amide bonds. The van der Waals surface area contributed by atoms with Gasteiger partial charge >= 0.3 is 0 Å². The fraction of sp³-hybridized carbons (Fsp3) is 0.462. The van der Waals surface area contributed by atoms with Crippen LogP contribution in [0, 0.1) is 13.8 Å². The van der Waals surface area contributed by atoms with Gasteiger partial charge in [0.15, 0.2) is 0 Å². The Kier molecular flexibility index (Phi) is 4.17. The van der Waals surface area contributed by atoms with Crippen LogP contribution in [-0.2, 0) is 13.1 Å². The van der Waals surface area contributed by atoms with Crippen LogP contribution in [0.1, 0.15) is 17.1 Å². The number of aromatic nitrogens is 2. The van der Waals surface area contributed by atoms with Crippen molar-refractivity contribution in [2.75, 3.05) is 6.54 Å². The summed E-state index contributed by atoms with van der Waals surface area (Å²) in [7, 11) is 0. The fourth-order valence-electron chi connectivity index (χ4n) is 1.90. The Morgan fingerprint density at radius 1 is 1.50 bits per heavy atom. The second-order valence-corrected chi connectivity index (χ2v) is 4.47. The van der Waals surface area contributed by atoms with Crippen LogP contribution in [0.2, 0.25) is 0 Å². The smallest absolute Gasteiger partial charge is 0.117 e. The van der Waals surface area contributed by atoms with E-state index in [9.17, 15) is 5.11 Å². The van der Waals surface area contributed by atoms with E-state index in [1.807, 2.05) is 36.7 Å². The molecule has 98 valence electrons. The van der Waals surface area contributed by atoms with Crippen LogP contribution in [0.4, 0.5) is 0 Å². The predicted octanol–water partition coefficient (Wildman–Crippen LogP) is 1.24. The standard InChI is InChI=1S/C13H19N3O2/c1-10-6-11(2)16(15-10)9-12(17)7-14-8-13-4-3-5-18-13/h3-6,12,14,17H,7-9H2,1-2H3/t12-/m1/s1. The van der Waals surface area contributed by atoms with Crippen molar-refractivity contribution in [2.24, 2.45) is 0 Å². The van der Waals surface area contributed by atoms with Crippen molar-refractivity contribution in [1.82, 2.24) is 15.1 Å². The van der Waals surface area contributed by atoms with Crippen LogP contribution in [0.3, 0.4) is 0 Å². The maximum atomic E-state index is 9.91. The first kappa shape index (κ1) is 12.9. The molecule has 2 aromatic rings. The lowest BCUT2D eigenvalue weighted by Gasteiger charge is -2.12. The van der Waals surface area contributed by atoms with Crippen molar-refractivity contribution >= 4 is 0 Å². The molecule has 5 nitrogen and oxygen atoms in total. The monoisotopic (exact) mass is 249 g/mol. The third-order valence-electron chi connectivity index (χ3n) is 2.75. The minimum absolute atomic E-state index is 0.460. The third-order valence-corrected chi connectivity index (χ3v) is 2.75. The second-order valence-electron chi connectivity index (χ2n) is 4.47. The molecule has 0 aromatic carbocycles. The molecular weight excluding hydrogens is 230 g/mol. The molecule has 0 aliphatic rings. The van der Waals surface area contributed by atoms with E-state index in [-0.39, 0.29) is 0 Å². The summed E-state index contributed by atoms with van der Waals surface area (Å²) in [6.45, 7) is 5.58. The van der Waals surface area contributed by atoms with Crippen molar-refractivity contribution in [2.45, 2.75) is 33.0 Å². The molecule has 0 radical (unpaired) electrons. The number of rotatable bonds is 6. The predicted molar refractivity (Wildman–Crippen MR) is 68.1 cm³/mol. The highest BCUT2D eigenvalue weighted by Gasteiger charge is 2.08. The molecule has 1 atom stereocenters. The van der Waals surface area contributed by atoms with Crippen LogP contribution in [0.15, 0.2) is 28.9 Å². The Labute approximate surface area is 106 Å². The van der Waals surface area contributed by atoms with Gasteiger partial charge in [-0.05, 0) is 32.0 Å². The van der Waals surface area contributed by atoms with E-state index in [0.29, 0.717) is 19.6 Å². The average molecular weight is 249 g/mol. The van der Waals surface area contributed by atoms with Gasteiger partial charge in [-0.3, -0.25) is 4.68 Å². The summed E-state index contributed by atoms with van der Waals surface area (Å²) in [6, 6.07) is 5.76. The fourth-order valence-corrected chi connectivity index (χ4v) is 1.90. The van der Waals surface area contributed by atoms with Gasteiger partial charge in [-0.15, -0.1) is 0 Å². The molecule has 18 heavy (non-hydrogen) atoms. The van der Waals surface area contributed by atoms with Crippen molar-refractivity contribution in [3.63, 3.8) is 0 Å². The summed E-state index contributed by atoms with van der Waals surface area (Å²) < 4.78 is 7.02. The quantitative estimate of drug-likeness (QED) is 0.808. The van der Waals surface area contributed by atoms with E-state index in [0.717, 1.165) is 17.1 Å². The molecule has 0 bridgehead atoms. The molecule has 5 heteroatoms. The Morgan fingerprint density at radius 2 is 2.33 bits per heavy atom. The number of aliphatic hydroxyl groups is 1. The lowest BCUT2D eigenvalue weighted by atomic mass is 10.3. The maximum absolute atomic E-state index is 9.91. The van der Waals surface area contributed by atoms with Crippen LogP contribution in [0.5, 0.6) is 0 Å². The van der Waals surface area contributed by atoms with Gasteiger partial charge in [0.25, 0.3) is 0 Å². The topological polar surface area (TPSA) is 63.2 Å². The Hall–Kier alpha value is -1.59. The molecule has 2 heterocycles. The number of furan rings is 1. The molecule has 0 unspecified atom stereocenters. The van der Waals surface area contributed by atoms with Gasteiger partial charge in [0, 0.05) is 12.2 Å². The van der Waals surface area contributed by atoms with Gasteiger partial charge in [-0.25, -0.2) is 0 Å². The zero-order chi connectivity index (χ0) is 13.0. The van der Waals surface area contributed by atoms with Gasteiger partial charge in [0.1, 0.15) is 5.76 Å². The summed E-state index contributed by atoms with van der Waals surface area (Å²) in [4.78, 5) is 0. The largest absolute Gasteiger partial charge is 0.468 e. The minimum atomic E-state index is -0.460. The zero-order valence-corrected chi connectivity index (χ0v) is 10.8. The van der Waals surface area contributed by atoms with Gasteiger partial charge in [-0.2, -0.15) is 5.10 Å². The van der Waals surface area contributed by atoms with Crippen LogP contribution >= 0.6 is 0 Å². The highest BCUT2D eigenvalue weighted by molar-refractivity contribution is 5.06. The first-order chi connectivity index (χ1) is 8.65. The summed E-state index contributed by atoms with van der Waals surface area (Å²) in [5, 5.41) is 17.4. The average Bonchev–Trinajstić information content (AvgIpc) is 2.90. The van der Waals surface area contributed by atoms with Crippen molar-refractivity contribution < 1.29 is 9.52 Å². The van der Waals surface area contributed by atoms with E-state index in [2.05, 4.69) is 10.4 Å². The molecule has 2 N–H and O–H groups in total. The molecule has 0 fully saturated rings. The van der Waals surface area contributed by atoms with E-state index >= 15 is 0 Å². The number of hydrogen-bond acceptors (Lipinski definition) is 4. The highest BCUT2D eigenvalue weighted by Crippen LogP contribution is 2.03. The van der Waals surface area contributed by atoms with Crippen LogP contribution < -0.4 is 5.32 Å². The molecular formula is C13H19N3O2. The molecule has 0 aliphatic heterocycles. The van der Waals surface area contributed by atoms with E-state index in [1.165, 1.54) is 0 Å². The zero-order valence-electron chi connectivity index (χ0n) is 10.8. The number of hydrogen-bond donors (Lipinski definition) is 2. The molecule has 0 spiro atoms. The molecule has 2 aromatic heterocycles. The summed E-state index contributed by atoms with van der Waals surface area (Å²) in [5.74, 6) is 0.869. The van der Waals surface area contributed by atoms with Crippen molar-refractivity contribution in [3.8, 4) is 0 Å². The number of nitrogens with zero attached hydrogens (tertiary/aromatic N) is 2. The van der Waals surface area contributed by atoms with Crippen molar-refractivity contribution in [1.29, 1.82) is 0 Å². The van der Waals surface area contributed by atoms with E-state index in [4.69, 9.17) is 4.42 Å². The maximum Gasteiger partial charge on any atom is 0.117 e. The Morgan fingerprint density at radius 3 is 2.94 bits per heavy atom. The number of aliphatic hydroxyl groups excluding tert-OH is 1. The van der Waals surface area contributed by atoms with Gasteiger partial charge in [0.05, 0.1) is 31.2 Å². The lowest BCUT2D eigenvalue weighted by Crippen LogP contribution is -2.30. The van der Waals surface area contributed by atoms with E-state index in [1.54, 1.807) is 6.26 Å². The van der Waals surface area contributed by atoms with Gasteiger partial charge in [-0.1, -0.05) is 0 Å². The molecule has 2 rings (SSSR count). The van der Waals surface area contributed by atoms with Gasteiger partial charge in [0.2, 0.25) is 0 Å². The SMILES string of the molecule is Cc1cc(C)n(C[C@H](O)CNCc2ccco2)n1. The molecule has 0 aliphatic carbocycles. The number of aryl methyl sites for hydroxylation is 2. The third kappa shape index (κ3) is 3.45. The Balaban J connectivity index is 1.75. The van der Waals surface area contributed by atoms with Gasteiger partial charge < -0.3 is 14.8 Å². The minimum Gasteiger partial charge on any atom is -0.468 e. The molecule has 0 saturated carbocycles. The van der Waals surface area contributed by atoms with E-state index < -0.39 is 6.10 Å².